The Morgan fingerprint density at radius 2 is 0.704 bits per heavy atom. The van der Waals surface area contributed by atoms with E-state index in [9.17, 15) is 29.1 Å². The minimum atomic E-state index is -0.657. The number of aliphatic hydroxyl groups excluding tert-OH is 2. The molecule has 0 aromatic carbocycles. The summed E-state index contributed by atoms with van der Waals surface area (Å²) in [5.41, 5.74) is 11.3. The molecule has 19 nitrogen and oxygen atoms in total. The van der Waals surface area contributed by atoms with E-state index in [1.54, 1.807) is 0 Å². The third kappa shape index (κ3) is 26.0. The molecule has 2 amide bonds. The molecule has 0 saturated heterocycles. The lowest BCUT2D eigenvalue weighted by molar-refractivity contribution is 0.0190. The molecule has 54 heavy (non-hydrogen) atoms. The number of hydrogen-bond donors (Lipinski definition) is 6. The second-order valence-electron chi connectivity index (χ2n) is 13.2. The maximum atomic E-state index is 10.9. The summed E-state index contributed by atoms with van der Waals surface area (Å²) >= 11 is 0. The van der Waals surface area contributed by atoms with Crippen molar-refractivity contribution in [2.45, 2.75) is 151 Å². The SMILES string of the molecule is COC(=O)NC1CCC(O)CC1.COC(=O)NC1CCC(OC(=O)OC)CC1.COC(=O)OC.COC(=O)OC1CCC(N)CC1.NC1CCC(O)CC1. The van der Waals surface area contributed by atoms with E-state index in [0.29, 0.717) is 6.04 Å². The van der Waals surface area contributed by atoms with Gasteiger partial charge in [0, 0.05) is 24.2 Å². The fourth-order valence-corrected chi connectivity index (χ4v) is 5.76. The van der Waals surface area contributed by atoms with E-state index in [2.05, 4.69) is 39.1 Å². The van der Waals surface area contributed by atoms with Crippen LogP contribution in [0.4, 0.5) is 24.0 Å². The number of methoxy groups -OCH3 is 6. The fraction of sp³-hybridized carbons (Fsp3) is 0.857. The van der Waals surface area contributed by atoms with Gasteiger partial charge in [-0.1, -0.05) is 0 Å². The van der Waals surface area contributed by atoms with Gasteiger partial charge in [0.1, 0.15) is 12.2 Å². The summed E-state index contributed by atoms with van der Waals surface area (Å²) in [6, 6.07) is 0.923. The van der Waals surface area contributed by atoms with E-state index in [-0.39, 0.29) is 48.6 Å². The summed E-state index contributed by atoms with van der Waals surface area (Å²) in [5.74, 6) is 0. The second-order valence-corrected chi connectivity index (χ2v) is 13.2. The maximum absolute atomic E-state index is 10.9. The van der Waals surface area contributed by atoms with Gasteiger partial charge >= 0.3 is 30.7 Å². The lowest BCUT2D eigenvalue weighted by Crippen LogP contribution is -2.39. The summed E-state index contributed by atoms with van der Waals surface area (Å²) < 4.78 is 35.8. The smallest absolute Gasteiger partial charge is 0.453 e. The Hall–Kier alpha value is -3.81. The van der Waals surface area contributed by atoms with Crippen LogP contribution in [-0.4, -0.2) is 132 Å². The second kappa shape index (κ2) is 30.5. The lowest BCUT2D eigenvalue weighted by Gasteiger charge is -2.27. The number of hydrogen-bond acceptors (Lipinski definition) is 17. The van der Waals surface area contributed by atoms with Crippen LogP contribution in [0.3, 0.4) is 0 Å². The van der Waals surface area contributed by atoms with Crippen molar-refractivity contribution in [2.24, 2.45) is 11.5 Å². The lowest BCUT2D eigenvalue weighted by atomic mass is 9.93. The molecule has 0 aliphatic heterocycles. The van der Waals surface area contributed by atoms with E-state index < -0.39 is 24.6 Å². The number of nitrogens with two attached hydrogens (primary N) is 2. The van der Waals surface area contributed by atoms with Crippen molar-refractivity contribution in [3.63, 3.8) is 0 Å². The topological polar surface area (TPSA) is 276 Å². The van der Waals surface area contributed by atoms with Crippen LogP contribution in [0, 0.1) is 0 Å². The van der Waals surface area contributed by atoms with Crippen LogP contribution in [-0.2, 0) is 37.9 Å². The number of nitrogens with one attached hydrogen (secondary N) is 2. The van der Waals surface area contributed by atoms with Crippen molar-refractivity contribution in [2.75, 3.05) is 42.7 Å². The molecule has 0 spiro atoms. The molecule has 0 radical (unpaired) electrons. The van der Waals surface area contributed by atoms with Crippen molar-refractivity contribution < 1.29 is 72.1 Å². The van der Waals surface area contributed by atoms with Crippen molar-refractivity contribution in [1.29, 1.82) is 0 Å². The first-order valence-electron chi connectivity index (χ1n) is 18.4. The Kier molecular flexibility index (Phi) is 28.4. The quantitative estimate of drug-likeness (QED) is 0.175. The molecular formula is C35H66N4O15. The van der Waals surface area contributed by atoms with Crippen LogP contribution < -0.4 is 22.1 Å². The summed E-state index contributed by atoms with van der Waals surface area (Å²) in [4.78, 5) is 53.0. The molecule has 0 unspecified atom stereocenters. The fourth-order valence-electron chi connectivity index (χ4n) is 5.76. The molecular weight excluding hydrogens is 716 g/mol. The molecule has 316 valence electrons. The molecule has 8 N–H and O–H groups in total. The summed E-state index contributed by atoms with van der Waals surface area (Å²) in [7, 11) is 7.80. The third-order valence-electron chi connectivity index (χ3n) is 9.04. The molecule has 0 heterocycles. The summed E-state index contributed by atoms with van der Waals surface area (Å²) in [6.45, 7) is 0. The average molecular weight is 783 g/mol. The zero-order valence-corrected chi connectivity index (χ0v) is 32.8. The van der Waals surface area contributed by atoms with Crippen LogP contribution in [0.2, 0.25) is 0 Å². The van der Waals surface area contributed by atoms with E-state index in [1.807, 2.05) is 0 Å². The number of amides is 2. The molecule has 0 aromatic rings. The van der Waals surface area contributed by atoms with Crippen LogP contribution in [0.5, 0.6) is 0 Å². The van der Waals surface area contributed by atoms with Gasteiger partial charge in [0.25, 0.3) is 0 Å². The van der Waals surface area contributed by atoms with Gasteiger partial charge < -0.3 is 70.2 Å². The molecule has 4 aliphatic carbocycles. The van der Waals surface area contributed by atoms with E-state index >= 15 is 0 Å². The maximum Gasteiger partial charge on any atom is 0.508 e. The summed E-state index contributed by atoms with van der Waals surface area (Å²) in [5, 5.41) is 23.6. The first-order chi connectivity index (χ1) is 25.7. The van der Waals surface area contributed by atoms with Crippen molar-refractivity contribution in [3.8, 4) is 0 Å². The highest BCUT2D eigenvalue weighted by Gasteiger charge is 2.26. The first-order valence-corrected chi connectivity index (χ1v) is 18.4. The Morgan fingerprint density at radius 3 is 0.981 bits per heavy atom. The van der Waals surface area contributed by atoms with Gasteiger partial charge in [0.15, 0.2) is 0 Å². The Balaban J connectivity index is 0.000000673. The van der Waals surface area contributed by atoms with E-state index in [0.717, 1.165) is 103 Å². The molecule has 4 aliphatic rings. The number of rotatable bonds is 4. The predicted octanol–water partition coefficient (Wildman–Crippen LogP) is 3.77. The zero-order valence-electron chi connectivity index (χ0n) is 32.8. The molecule has 19 heteroatoms. The van der Waals surface area contributed by atoms with Crippen LogP contribution in [0.1, 0.15) is 103 Å². The van der Waals surface area contributed by atoms with Gasteiger partial charge in [-0.2, -0.15) is 0 Å². The van der Waals surface area contributed by atoms with Crippen LogP contribution in [0.15, 0.2) is 0 Å². The normalized spacial score (nSPS) is 27.0. The number of aliphatic hydroxyl groups is 2. The highest BCUT2D eigenvalue weighted by atomic mass is 16.7. The van der Waals surface area contributed by atoms with Gasteiger partial charge in [-0.15, -0.1) is 0 Å². The van der Waals surface area contributed by atoms with Crippen LogP contribution >= 0.6 is 0 Å². The third-order valence-corrected chi connectivity index (χ3v) is 9.04. The molecule has 4 fully saturated rings. The minimum absolute atomic E-state index is 0.0113. The monoisotopic (exact) mass is 782 g/mol. The largest absolute Gasteiger partial charge is 0.508 e. The minimum Gasteiger partial charge on any atom is -0.453 e. The van der Waals surface area contributed by atoms with Crippen LogP contribution in [0.25, 0.3) is 0 Å². The van der Waals surface area contributed by atoms with Gasteiger partial charge in [-0.05, 0) is 103 Å². The Morgan fingerprint density at radius 1 is 0.426 bits per heavy atom. The van der Waals surface area contributed by atoms with Gasteiger partial charge in [0.05, 0.1) is 54.9 Å². The van der Waals surface area contributed by atoms with Gasteiger partial charge in [-0.3, -0.25) is 0 Å². The molecule has 0 aromatic heterocycles. The highest BCUT2D eigenvalue weighted by molar-refractivity contribution is 5.67. The number of ether oxygens (including phenoxy) is 8. The number of carbonyl (C=O) groups excluding carboxylic acids is 5. The average Bonchev–Trinajstić information content (AvgIpc) is 3.19. The molecule has 0 bridgehead atoms. The Labute approximate surface area is 318 Å². The van der Waals surface area contributed by atoms with Gasteiger partial charge in [0.2, 0.25) is 0 Å². The molecule has 4 rings (SSSR count). The highest BCUT2D eigenvalue weighted by Crippen LogP contribution is 2.22. The Bertz CT molecular complexity index is 946. The predicted molar refractivity (Wildman–Crippen MR) is 194 cm³/mol. The van der Waals surface area contributed by atoms with Crippen molar-refractivity contribution >= 4 is 30.7 Å². The van der Waals surface area contributed by atoms with Crippen molar-refractivity contribution in [1.82, 2.24) is 10.6 Å². The molecule has 0 atom stereocenters. The van der Waals surface area contributed by atoms with E-state index in [1.165, 1.54) is 42.7 Å². The van der Waals surface area contributed by atoms with Crippen molar-refractivity contribution in [3.05, 3.63) is 0 Å². The number of carbonyl (C=O) groups is 5. The molecule has 4 saturated carbocycles. The first kappa shape index (κ1) is 50.2. The zero-order chi connectivity index (χ0) is 40.9. The van der Waals surface area contributed by atoms with E-state index in [4.69, 9.17) is 26.0 Å². The summed E-state index contributed by atoms with van der Waals surface area (Å²) in [6.07, 6.45) is 10.6. The van der Waals surface area contributed by atoms with Gasteiger partial charge in [-0.25, -0.2) is 24.0 Å². The number of alkyl carbamates (subject to hydrolysis) is 2. The standard InChI is InChI=1S/C10H17NO5.2C8H15NO3.C6H13NO.C3H6O3/c1-14-9(12)11-7-3-5-8(6-4-7)16-10(13)15-2;1-11-8(10)12-7-4-2-6(9)3-5-7;1-12-8(11)9-6-2-4-7(10)5-3-6;7-5-1-3-6(8)4-2-5;1-5-3(4)6-2/h7-8H,3-6H2,1-2H3,(H,11,12);6-7H,2-5,9H2,1H3;6-7,10H,2-5H2,1H3,(H,9,11);5-6,8H,1-4,7H2;1-2H3.